The number of aryl methyl sites for hydroxylation is 4. The Bertz CT molecular complexity index is 964. The fourth-order valence-electron chi connectivity index (χ4n) is 4.36. The highest BCUT2D eigenvalue weighted by molar-refractivity contribution is 8.15. The molecule has 0 spiro atoms. The van der Waals surface area contributed by atoms with Gasteiger partial charge in [-0.25, -0.2) is 4.99 Å². The van der Waals surface area contributed by atoms with Crippen molar-refractivity contribution in [3.63, 3.8) is 0 Å². The van der Waals surface area contributed by atoms with E-state index in [-0.39, 0.29) is 5.91 Å². The van der Waals surface area contributed by atoms with E-state index in [9.17, 15) is 9.59 Å². The third-order valence-electron chi connectivity index (χ3n) is 5.47. The van der Waals surface area contributed by atoms with Crippen LogP contribution in [-0.4, -0.2) is 22.2 Å². The Labute approximate surface area is 182 Å². The van der Waals surface area contributed by atoms with Crippen LogP contribution in [0.15, 0.2) is 47.5 Å². The van der Waals surface area contributed by atoms with Crippen LogP contribution in [0.1, 0.15) is 47.6 Å². The average molecular weight is 424 g/mol. The molecule has 5 nitrogen and oxygen atoms in total. The molecule has 0 saturated carbocycles. The zero-order valence-corrected chi connectivity index (χ0v) is 18.8. The van der Waals surface area contributed by atoms with E-state index in [1.807, 2.05) is 45.9 Å². The fraction of sp³-hybridized carbons (Fsp3) is 0.375. The summed E-state index contributed by atoms with van der Waals surface area (Å²) in [5.41, 5.74) is 10.4. The van der Waals surface area contributed by atoms with Crippen LogP contribution in [0.3, 0.4) is 0 Å². The standard InChI is InChI=1S/C24H29N3O2S/c1-15-13-16(2)20(17(3)14-15)24(4)21(22(25)29)30-23(27-24)26-19(28)12-8-11-18-9-6-5-7-10-18/h5-7,9-10,13-14,21H,8,11-12H2,1-4H3,(H2,25,29)(H,26,27,28). The van der Waals surface area contributed by atoms with E-state index >= 15 is 0 Å². The molecule has 1 aliphatic heterocycles. The maximum absolute atomic E-state index is 12.5. The molecule has 2 aromatic carbocycles. The second-order valence-electron chi connectivity index (χ2n) is 8.13. The number of carbonyl (C=O) groups is 2. The quantitative estimate of drug-likeness (QED) is 0.738. The lowest BCUT2D eigenvalue weighted by Gasteiger charge is -2.30. The lowest BCUT2D eigenvalue weighted by Crippen LogP contribution is -2.40. The molecule has 0 fully saturated rings. The smallest absolute Gasteiger partial charge is 0.233 e. The first-order chi connectivity index (χ1) is 14.2. The van der Waals surface area contributed by atoms with Gasteiger partial charge in [0.2, 0.25) is 11.8 Å². The number of thioether (sulfide) groups is 1. The van der Waals surface area contributed by atoms with E-state index in [0.717, 1.165) is 35.1 Å². The van der Waals surface area contributed by atoms with Crippen molar-refractivity contribution in [2.24, 2.45) is 10.7 Å². The average Bonchev–Trinajstić information content (AvgIpc) is 2.98. The van der Waals surface area contributed by atoms with Crippen molar-refractivity contribution in [3.05, 3.63) is 70.3 Å². The predicted molar refractivity (Wildman–Crippen MR) is 124 cm³/mol. The lowest BCUT2D eigenvalue weighted by molar-refractivity contribution is -0.120. The molecule has 1 aliphatic rings. The third kappa shape index (κ3) is 4.75. The number of amides is 2. The Morgan fingerprint density at radius 1 is 1.13 bits per heavy atom. The van der Waals surface area contributed by atoms with Gasteiger partial charge in [-0.2, -0.15) is 0 Å². The minimum Gasteiger partial charge on any atom is -0.369 e. The zero-order chi connectivity index (χ0) is 21.9. The molecule has 0 saturated heterocycles. The van der Waals surface area contributed by atoms with Crippen LogP contribution < -0.4 is 11.1 Å². The van der Waals surface area contributed by atoms with Crippen LogP contribution in [0.4, 0.5) is 0 Å². The molecule has 6 heteroatoms. The third-order valence-corrected chi connectivity index (χ3v) is 6.82. The Kier molecular flexibility index (Phi) is 6.66. The van der Waals surface area contributed by atoms with Gasteiger partial charge in [-0.15, -0.1) is 0 Å². The van der Waals surface area contributed by atoms with Crippen LogP contribution in [0.5, 0.6) is 0 Å². The molecule has 0 aliphatic carbocycles. The second-order valence-corrected chi connectivity index (χ2v) is 9.22. The van der Waals surface area contributed by atoms with Gasteiger partial charge >= 0.3 is 0 Å². The molecular weight excluding hydrogens is 394 g/mol. The summed E-state index contributed by atoms with van der Waals surface area (Å²) in [6, 6.07) is 14.3. The molecule has 0 aromatic heterocycles. The van der Waals surface area contributed by atoms with E-state index in [2.05, 4.69) is 29.6 Å². The molecule has 3 rings (SSSR count). The summed E-state index contributed by atoms with van der Waals surface area (Å²) in [7, 11) is 0. The number of rotatable bonds is 6. The lowest BCUT2D eigenvalue weighted by atomic mass is 9.82. The molecule has 0 radical (unpaired) electrons. The number of hydrogen-bond acceptors (Lipinski definition) is 4. The minimum absolute atomic E-state index is 0.0954. The van der Waals surface area contributed by atoms with Gasteiger partial charge in [-0.05, 0) is 62.8 Å². The second kappa shape index (κ2) is 9.04. The van der Waals surface area contributed by atoms with Crippen LogP contribution >= 0.6 is 11.8 Å². The monoisotopic (exact) mass is 423 g/mol. The number of nitrogens with one attached hydrogen (secondary N) is 1. The summed E-state index contributed by atoms with van der Waals surface area (Å²) < 4.78 is 0. The van der Waals surface area contributed by atoms with Gasteiger partial charge in [0.25, 0.3) is 0 Å². The Morgan fingerprint density at radius 3 is 2.37 bits per heavy atom. The van der Waals surface area contributed by atoms with E-state index in [0.29, 0.717) is 11.6 Å². The van der Waals surface area contributed by atoms with Crippen LogP contribution in [0.25, 0.3) is 0 Å². The van der Waals surface area contributed by atoms with Crippen molar-refractivity contribution < 1.29 is 9.59 Å². The maximum Gasteiger partial charge on any atom is 0.233 e. The molecule has 2 aromatic rings. The SMILES string of the molecule is Cc1cc(C)c(C2(C)N=C(NC(=O)CCCc3ccccc3)SC2C(N)=O)c(C)c1. The van der Waals surface area contributed by atoms with E-state index in [4.69, 9.17) is 10.7 Å². The largest absolute Gasteiger partial charge is 0.369 e. The van der Waals surface area contributed by atoms with Crippen molar-refractivity contribution in [3.8, 4) is 0 Å². The van der Waals surface area contributed by atoms with Crippen LogP contribution in [0.2, 0.25) is 0 Å². The number of nitrogens with two attached hydrogens (primary N) is 1. The number of aliphatic imine (C=N–C) groups is 1. The zero-order valence-electron chi connectivity index (χ0n) is 18.0. The minimum atomic E-state index is -0.814. The molecule has 3 N–H and O–H groups in total. The molecule has 2 unspecified atom stereocenters. The van der Waals surface area contributed by atoms with Crippen molar-refractivity contribution >= 4 is 28.7 Å². The van der Waals surface area contributed by atoms with Gasteiger partial charge in [0, 0.05) is 6.42 Å². The van der Waals surface area contributed by atoms with E-state index in [1.165, 1.54) is 17.3 Å². The maximum atomic E-state index is 12.5. The summed E-state index contributed by atoms with van der Waals surface area (Å²) in [5, 5.41) is 2.78. The highest BCUT2D eigenvalue weighted by Gasteiger charge is 2.47. The van der Waals surface area contributed by atoms with Crippen molar-refractivity contribution in [2.45, 2.75) is 57.7 Å². The molecule has 158 valence electrons. The predicted octanol–water partition coefficient (Wildman–Crippen LogP) is 3.92. The van der Waals surface area contributed by atoms with Gasteiger partial charge in [-0.3, -0.25) is 9.59 Å². The fourth-order valence-corrected chi connectivity index (χ4v) is 5.51. The summed E-state index contributed by atoms with van der Waals surface area (Å²) in [6.45, 7) is 8.03. The number of nitrogens with zero attached hydrogens (tertiary/aromatic N) is 1. The number of carbonyl (C=O) groups excluding carboxylic acids is 2. The molecular formula is C24H29N3O2S. The van der Waals surface area contributed by atoms with Crippen molar-refractivity contribution in [1.82, 2.24) is 5.32 Å². The van der Waals surface area contributed by atoms with E-state index < -0.39 is 16.7 Å². The van der Waals surface area contributed by atoms with Gasteiger partial charge in [-0.1, -0.05) is 59.8 Å². The number of hydrogen-bond donors (Lipinski definition) is 2. The van der Waals surface area contributed by atoms with Gasteiger partial charge in [0.05, 0.1) is 0 Å². The first-order valence-electron chi connectivity index (χ1n) is 10.2. The highest BCUT2D eigenvalue weighted by Crippen LogP contribution is 2.45. The van der Waals surface area contributed by atoms with Crippen LogP contribution in [-0.2, 0) is 21.5 Å². The molecule has 0 bridgehead atoms. The highest BCUT2D eigenvalue weighted by atomic mass is 32.2. The molecule has 2 atom stereocenters. The number of primary amides is 1. The molecule has 2 amide bonds. The van der Waals surface area contributed by atoms with Crippen molar-refractivity contribution in [1.29, 1.82) is 0 Å². The first-order valence-corrected chi connectivity index (χ1v) is 11.1. The summed E-state index contributed by atoms with van der Waals surface area (Å²) in [6.07, 6.45) is 1.99. The van der Waals surface area contributed by atoms with Gasteiger partial charge in [0.15, 0.2) is 5.17 Å². The van der Waals surface area contributed by atoms with E-state index in [1.54, 1.807) is 0 Å². The molecule has 1 heterocycles. The Hall–Kier alpha value is -2.60. The summed E-state index contributed by atoms with van der Waals surface area (Å²) in [4.78, 5) is 29.5. The van der Waals surface area contributed by atoms with Gasteiger partial charge in [0.1, 0.15) is 10.8 Å². The van der Waals surface area contributed by atoms with Gasteiger partial charge < -0.3 is 11.1 Å². The summed E-state index contributed by atoms with van der Waals surface area (Å²) in [5.74, 6) is -0.527. The summed E-state index contributed by atoms with van der Waals surface area (Å²) >= 11 is 1.24. The normalized spacial score (nSPS) is 20.7. The van der Waals surface area contributed by atoms with Crippen LogP contribution in [0, 0.1) is 20.8 Å². The number of amidine groups is 1. The topological polar surface area (TPSA) is 84.6 Å². The first kappa shape index (κ1) is 22.1. The Balaban J connectivity index is 1.74. The van der Waals surface area contributed by atoms with Crippen molar-refractivity contribution in [2.75, 3.05) is 0 Å². The number of benzene rings is 2. The Morgan fingerprint density at radius 2 is 1.77 bits per heavy atom. The molecule has 30 heavy (non-hydrogen) atoms.